The van der Waals surface area contributed by atoms with Gasteiger partial charge in [0.25, 0.3) is 0 Å². The fourth-order valence-corrected chi connectivity index (χ4v) is 14.7. The van der Waals surface area contributed by atoms with Gasteiger partial charge in [0.2, 0.25) is 0 Å². The van der Waals surface area contributed by atoms with Crippen LogP contribution in [0, 0.1) is 5.41 Å². The summed E-state index contributed by atoms with van der Waals surface area (Å²) in [6.45, 7) is 24.5. The van der Waals surface area contributed by atoms with Gasteiger partial charge in [0, 0.05) is 12.0 Å². The first kappa shape index (κ1) is 42.8. The van der Waals surface area contributed by atoms with E-state index in [4.69, 9.17) is 25.9 Å². The number of rotatable bonds is 18. The van der Waals surface area contributed by atoms with E-state index < -0.39 is 98.0 Å². The van der Waals surface area contributed by atoms with Crippen LogP contribution >= 0.6 is 0 Å². The predicted molar refractivity (Wildman–Crippen MR) is 167 cm³/mol. The molecular formula is C23H49F7O7Si6. The van der Waals surface area contributed by atoms with Crippen molar-refractivity contribution in [2.24, 2.45) is 5.41 Å². The van der Waals surface area contributed by atoms with Gasteiger partial charge < -0.3 is 25.9 Å². The minimum atomic E-state index is -6.46. The fraction of sp³-hybridized carbons (Fsp3) is 0.870. The Morgan fingerprint density at radius 1 is 0.884 bits per heavy atom. The van der Waals surface area contributed by atoms with Gasteiger partial charge in [0.15, 0.2) is 45.2 Å². The van der Waals surface area contributed by atoms with Crippen LogP contribution in [0.15, 0.2) is 12.2 Å². The Morgan fingerprint density at radius 3 is 1.65 bits per heavy atom. The van der Waals surface area contributed by atoms with Gasteiger partial charge in [-0.25, -0.2) is 4.79 Å². The molecule has 0 aliphatic carbocycles. The smallest absolute Gasteiger partial charge is 0.460 e. The summed E-state index contributed by atoms with van der Waals surface area (Å²) in [4.78, 5) is 12.9. The van der Waals surface area contributed by atoms with Crippen molar-refractivity contribution in [1.82, 2.24) is 0 Å². The van der Waals surface area contributed by atoms with Gasteiger partial charge in [-0.1, -0.05) is 20.4 Å². The Kier molecular flexibility index (Phi) is 14.7. The maximum absolute atomic E-state index is 14.5. The number of alkyl halides is 7. The van der Waals surface area contributed by atoms with E-state index in [-0.39, 0.29) is 16.1 Å². The topological polar surface area (TPSA) is 72.5 Å². The van der Waals surface area contributed by atoms with Crippen molar-refractivity contribution in [3.8, 4) is 0 Å². The average molecular weight is 739 g/mol. The molecule has 0 saturated heterocycles. The largest absolute Gasteiger partial charge is 0.467 e. The molecule has 43 heavy (non-hydrogen) atoms. The van der Waals surface area contributed by atoms with E-state index >= 15 is 0 Å². The first-order valence-electron chi connectivity index (χ1n) is 13.7. The highest BCUT2D eigenvalue weighted by Crippen LogP contribution is 2.53. The fourth-order valence-electron chi connectivity index (χ4n) is 3.62. The standard InChI is InChI=1S/C23H49F7O7Si6/c1-16(2)18(31)32-23(33-38,34-40(36-42(8,9)10)37-43(11,12)13)19(3,4)17(39-35-41(5,6)7)14-15-20(24,25)21(26,27)22(28,29)30/h17,40H,1,14-15,39H2,2-13,38H3. The molecule has 0 aromatic rings. The Hall–Kier alpha value is -0.179. The molecule has 0 rings (SSSR count). The average Bonchev–Trinajstić information content (AvgIpc) is 2.73. The molecule has 0 N–H and O–H groups in total. The lowest BCUT2D eigenvalue weighted by atomic mass is 9.82. The first-order chi connectivity index (χ1) is 18.7. The molecule has 0 aliphatic heterocycles. The van der Waals surface area contributed by atoms with Gasteiger partial charge in [0.1, 0.15) is 0 Å². The molecule has 0 fully saturated rings. The zero-order valence-corrected chi connectivity index (χ0v) is 35.1. The van der Waals surface area contributed by atoms with Gasteiger partial charge in [0.05, 0.1) is 5.41 Å². The van der Waals surface area contributed by atoms with Gasteiger partial charge in [-0.3, -0.25) is 0 Å². The van der Waals surface area contributed by atoms with Crippen LogP contribution in [0.4, 0.5) is 30.7 Å². The van der Waals surface area contributed by atoms with Crippen LogP contribution in [0.3, 0.4) is 0 Å². The highest BCUT2D eigenvalue weighted by atomic mass is 28.5. The predicted octanol–water partition coefficient (Wildman–Crippen LogP) is 5.86. The van der Waals surface area contributed by atoms with Crippen LogP contribution in [0.2, 0.25) is 64.5 Å². The number of esters is 1. The van der Waals surface area contributed by atoms with E-state index in [1.807, 2.05) is 58.9 Å². The van der Waals surface area contributed by atoms with Gasteiger partial charge in [-0.15, -0.1) is 0 Å². The summed E-state index contributed by atoms with van der Waals surface area (Å²) in [7, 11) is -12.4. The number of halogens is 7. The van der Waals surface area contributed by atoms with Crippen molar-refractivity contribution < 1.29 is 61.5 Å². The SMILES string of the molecule is C=C(C)C(=O)OC(O[SiH3])(O[SiH](O[Si](C)(C)C)O[Si](C)(C)C)C(C)(C)C(CCC(F)(F)C(F)(F)C(F)(F)F)[SiH2]O[Si](C)(C)C. The zero-order chi connectivity index (χ0) is 34.7. The minimum absolute atomic E-state index is 0.0542. The van der Waals surface area contributed by atoms with Gasteiger partial charge in [-0.05, 0) is 77.8 Å². The third-order valence-corrected chi connectivity index (χ3v) is 20.3. The summed E-state index contributed by atoms with van der Waals surface area (Å²) in [6.07, 6.45) is -9.12. The Bertz CT molecular complexity index is 935. The lowest BCUT2D eigenvalue weighted by molar-refractivity contribution is -0.358. The van der Waals surface area contributed by atoms with Crippen molar-refractivity contribution in [1.29, 1.82) is 0 Å². The molecule has 0 aliphatic rings. The highest BCUT2D eigenvalue weighted by Gasteiger charge is 2.72. The van der Waals surface area contributed by atoms with E-state index in [0.29, 0.717) is 0 Å². The summed E-state index contributed by atoms with van der Waals surface area (Å²) in [5.41, 5.74) is -2.78. The van der Waals surface area contributed by atoms with Crippen molar-refractivity contribution in [2.75, 3.05) is 0 Å². The van der Waals surface area contributed by atoms with Crippen LogP contribution in [-0.2, 0) is 30.7 Å². The van der Waals surface area contributed by atoms with Gasteiger partial charge >= 0.3 is 39.5 Å². The third-order valence-electron chi connectivity index (χ3n) is 6.14. The third kappa shape index (κ3) is 12.9. The van der Waals surface area contributed by atoms with Crippen LogP contribution < -0.4 is 0 Å². The molecule has 0 saturated carbocycles. The van der Waals surface area contributed by atoms with Crippen LogP contribution in [0.5, 0.6) is 0 Å². The highest BCUT2D eigenvalue weighted by molar-refractivity contribution is 6.79. The number of hydrogen-bond donors (Lipinski definition) is 0. The van der Waals surface area contributed by atoms with Crippen LogP contribution in [0.25, 0.3) is 0 Å². The second-order valence-electron chi connectivity index (χ2n) is 14.0. The monoisotopic (exact) mass is 738 g/mol. The van der Waals surface area contributed by atoms with E-state index in [1.54, 1.807) is 0 Å². The molecule has 7 nitrogen and oxygen atoms in total. The second-order valence-corrected chi connectivity index (χ2v) is 32.2. The Balaban J connectivity index is 7.10. The van der Waals surface area contributed by atoms with Crippen molar-refractivity contribution >= 4 is 60.7 Å². The molecule has 2 atom stereocenters. The maximum Gasteiger partial charge on any atom is 0.467 e. The molecule has 0 bridgehead atoms. The normalized spacial score (nSPS) is 17.0. The molecule has 0 radical (unpaired) electrons. The van der Waals surface area contributed by atoms with E-state index in [9.17, 15) is 35.5 Å². The number of carbonyl (C=O) groups excluding carboxylic acids is 1. The molecule has 0 aromatic heterocycles. The van der Waals surface area contributed by atoms with Crippen molar-refractivity contribution in [3.05, 3.63) is 12.2 Å². The lowest BCUT2D eigenvalue weighted by Crippen LogP contribution is -2.60. The molecule has 256 valence electrons. The molecule has 0 spiro atoms. The summed E-state index contributed by atoms with van der Waals surface area (Å²) in [5, 5.41) is 0. The van der Waals surface area contributed by atoms with Crippen LogP contribution in [0.1, 0.15) is 33.6 Å². The molecule has 2 unspecified atom stereocenters. The second kappa shape index (κ2) is 14.7. The van der Waals surface area contributed by atoms with Crippen molar-refractivity contribution in [2.45, 2.75) is 122 Å². The number of ether oxygens (including phenoxy) is 1. The maximum atomic E-state index is 14.5. The minimum Gasteiger partial charge on any atom is -0.460 e. The van der Waals surface area contributed by atoms with Crippen molar-refractivity contribution in [3.63, 3.8) is 0 Å². The van der Waals surface area contributed by atoms with E-state index in [1.165, 1.54) is 20.8 Å². The first-order valence-corrected chi connectivity index (χ1v) is 27.5. The molecule has 0 heterocycles. The number of carbonyl (C=O) groups is 1. The summed E-state index contributed by atoms with van der Waals surface area (Å²) >= 11 is 0. The van der Waals surface area contributed by atoms with Crippen LogP contribution in [-0.4, -0.2) is 84.7 Å². The molecule has 20 heteroatoms. The van der Waals surface area contributed by atoms with E-state index in [0.717, 1.165) is 0 Å². The Morgan fingerprint density at radius 2 is 1.33 bits per heavy atom. The number of hydrogen-bond acceptors (Lipinski definition) is 7. The molecule has 0 aromatic carbocycles. The quantitative estimate of drug-likeness (QED) is 0.0575. The molecule has 0 amide bonds. The van der Waals surface area contributed by atoms with Gasteiger partial charge in [-0.2, -0.15) is 30.7 Å². The molecular weight excluding hydrogens is 690 g/mol. The zero-order valence-electron chi connectivity index (χ0n) is 27.5. The summed E-state index contributed by atoms with van der Waals surface area (Å²) in [6, 6.07) is 0. The summed E-state index contributed by atoms with van der Waals surface area (Å²) < 4.78 is 132. The lowest BCUT2D eigenvalue weighted by Gasteiger charge is -2.50. The summed E-state index contributed by atoms with van der Waals surface area (Å²) in [5.74, 6) is -15.0. The van der Waals surface area contributed by atoms with E-state index in [2.05, 4.69) is 6.58 Å². The Labute approximate surface area is 261 Å².